The zero-order chi connectivity index (χ0) is 8.97. The molecule has 3 nitrogen and oxygen atoms in total. The Morgan fingerprint density at radius 3 is 2.92 bits per heavy atom. The Labute approximate surface area is 71.7 Å². The molecule has 1 aromatic rings. The van der Waals surface area contributed by atoms with E-state index in [1.54, 1.807) is 13.2 Å². The first-order chi connectivity index (χ1) is 5.74. The van der Waals surface area contributed by atoms with Gasteiger partial charge in [0.05, 0.1) is 5.69 Å². The molecular formula is C9H14N2O. The molecule has 0 bridgehead atoms. The maximum absolute atomic E-state index is 10.9. The quantitative estimate of drug-likeness (QED) is 0.726. The van der Waals surface area contributed by atoms with Gasteiger partial charge in [-0.05, 0) is 12.5 Å². The molecule has 0 atom stereocenters. The van der Waals surface area contributed by atoms with Gasteiger partial charge in [-0.2, -0.15) is 0 Å². The number of allylic oxidation sites excluding steroid dienone is 1. The second-order valence-electron chi connectivity index (χ2n) is 2.82. The molecule has 0 unspecified atom stereocenters. The number of rotatable bonds is 3. The van der Waals surface area contributed by atoms with Crippen LogP contribution < -0.4 is 5.69 Å². The normalized spacial score (nSPS) is 11.2. The molecule has 1 N–H and O–H groups in total. The lowest BCUT2D eigenvalue weighted by Gasteiger charge is -1.83. The van der Waals surface area contributed by atoms with Crippen LogP contribution in [0.4, 0.5) is 0 Å². The minimum atomic E-state index is -0.0638. The van der Waals surface area contributed by atoms with Crippen LogP contribution in [0.1, 0.15) is 25.5 Å². The van der Waals surface area contributed by atoms with Gasteiger partial charge in [0.1, 0.15) is 0 Å². The first-order valence-corrected chi connectivity index (χ1v) is 4.16. The number of aromatic amines is 1. The Hall–Kier alpha value is -1.25. The first kappa shape index (κ1) is 8.84. The molecule has 1 rings (SSSR count). The molecular weight excluding hydrogens is 152 g/mol. The standard InChI is InChI=1S/C9H14N2O/c1-3-4-5-6-8-7-11(2)9(12)10-8/h5-7H,3-4H2,1-2H3,(H,10,12)/b6-5-. The molecule has 0 aliphatic heterocycles. The van der Waals surface area contributed by atoms with Crippen molar-refractivity contribution in [2.24, 2.45) is 7.05 Å². The van der Waals surface area contributed by atoms with Crippen LogP contribution in [0.2, 0.25) is 0 Å². The highest BCUT2D eigenvalue weighted by Gasteiger charge is 1.92. The van der Waals surface area contributed by atoms with Gasteiger partial charge in [0.25, 0.3) is 0 Å². The third-order valence-corrected chi connectivity index (χ3v) is 1.66. The lowest BCUT2D eigenvalue weighted by Crippen LogP contribution is -2.11. The minimum Gasteiger partial charge on any atom is -0.306 e. The zero-order valence-corrected chi connectivity index (χ0v) is 7.50. The van der Waals surface area contributed by atoms with Gasteiger partial charge in [0.15, 0.2) is 0 Å². The third kappa shape index (κ3) is 2.12. The van der Waals surface area contributed by atoms with Crippen molar-refractivity contribution in [3.05, 3.63) is 28.5 Å². The van der Waals surface area contributed by atoms with Crippen LogP contribution in [0, 0.1) is 0 Å². The molecule has 1 aromatic heterocycles. The molecule has 0 spiro atoms. The Morgan fingerprint density at radius 1 is 1.67 bits per heavy atom. The summed E-state index contributed by atoms with van der Waals surface area (Å²) in [6.07, 6.45) is 7.97. The van der Waals surface area contributed by atoms with Gasteiger partial charge >= 0.3 is 5.69 Å². The number of nitrogens with one attached hydrogen (secondary N) is 1. The molecule has 0 amide bonds. The van der Waals surface area contributed by atoms with Crippen molar-refractivity contribution in [3.63, 3.8) is 0 Å². The van der Waals surface area contributed by atoms with Crippen molar-refractivity contribution in [2.45, 2.75) is 19.8 Å². The summed E-state index contributed by atoms with van der Waals surface area (Å²) < 4.78 is 1.53. The van der Waals surface area contributed by atoms with Gasteiger partial charge < -0.3 is 9.55 Å². The van der Waals surface area contributed by atoms with E-state index < -0.39 is 0 Å². The van der Waals surface area contributed by atoms with Crippen LogP contribution in [0.25, 0.3) is 6.08 Å². The number of aryl methyl sites for hydroxylation is 1. The minimum absolute atomic E-state index is 0.0638. The highest BCUT2D eigenvalue weighted by atomic mass is 16.1. The number of imidazole rings is 1. The lowest BCUT2D eigenvalue weighted by molar-refractivity contribution is 0.862. The fourth-order valence-electron chi connectivity index (χ4n) is 0.973. The molecule has 12 heavy (non-hydrogen) atoms. The fourth-order valence-corrected chi connectivity index (χ4v) is 0.973. The maximum atomic E-state index is 10.9. The molecule has 3 heteroatoms. The summed E-state index contributed by atoms with van der Waals surface area (Å²) in [4.78, 5) is 13.7. The van der Waals surface area contributed by atoms with E-state index in [9.17, 15) is 4.79 Å². The van der Waals surface area contributed by atoms with E-state index >= 15 is 0 Å². The predicted molar refractivity (Wildman–Crippen MR) is 50.0 cm³/mol. The molecule has 0 aromatic carbocycles. The van der Waals surface area contributed by atoms with E-state index in [-0.39, 0.29) is 5.69 Å². The molecule has 66 valence electrons. The number of aromatic nitrogens is 2. The van der Waals surface area contributed by atoms with Crippen LogP contribution in [-0.4, -0.2) is 9.55 Å². The van der Waals surface area contributed by atoms with E-state index in [1.807, 2.05) is 6.08 Å². The fraction of sp³-hybridized carbons (Fsp3) is 0.444. The average molecular weight is 166 g/mol. The molecule has 0 saturated carbocycles. The van der Waals surface area contributed by atoms with Gasteiger partial charge in [-0.15, -0.1) is 0 Å². The van der Waals surface area contributed by atoms with Crippen LogP contribution in [0.15, 0.2) is 17.1 Å². The summed E-state index contributed by atoms with van der Waals surface area (Å²) >= 11 is 0. The predicted octanol–water partition coefficient (Wildman–Crippen LogP) is 1.53. The van der Waals surface area contributed by atoms with Gasteiger partial charge in [-0.25, -0.2) is 4.79 Å². The number of nitrogens with zero attached hydrogens (tertiary/aromatic N) is 1. The Kier molecular flexibility index (Phi) is 2.91. The molecule has 0 radical (unpaired) electrons. The highest BCUT2D eigenvalue weighted by Crippen LogP contribution is 1.96. The largest absolute Gasteiger partial charge is 0.325 e. The van der Waals surface area contributed by atoms with Crippen molar-refractivity contribution in [3.8, 4) is 0 Å². The van der Waals surface area contributed by atoms with Crippen molar-refractivity contribution < 1.29 is 0 Å². The van der Waals surface area contributed by atoms with E-state index in [1.165, 1.54) is 4.57 Å². The summed E-state index contributed by atoms with van der Waals surface area (Å²) in [6, 6.07) is 0. The highest BCUT2D eigenvalue weighted by molar-refractivity contribution is 5.42. The van der Waals surface area contributed by atoms with Crippen molar-refractivity contribution in [1.82, 2.24) is 9.55 Å². The first-order valence-electron chi connectivity index (χ1n) is 4.16. The van der Waals surface area contributed by atoms with E-state index in [0.29, 0.717) is 0 Å². The van der Waals surface area contributed by atoms with Crippen molar-refractivity contribution in [1.29, 1.82) is 0 Å². The van der Waals surface area contributed by atoms with Crippen LogP contribution in [0.3, 0.4) is 0 Å². The Balaban J connectivity index is 2.70. The van der Waals surface area contributed by atoms with Crippen LogP contribution in [0.5, 0.6) is 0 Å². The average Bonchev–Trinajstić information content (AvgIpc) is 2.32. The van der Waals surface area contributed by atoms with Crippen molar-refractivity contribution in [2.75, 3.05) is 0 Å². The molecule has 0 saturated heterocycles. The summed E-state index contributed by atoms with van der Waals surface area (Å²) in [7, 11) is 1.73. The monoisotopic (exact) mass is 166 g/mol. The molecule has 1 heterocycles. The number of unbranched alkanes of at least 4 members (excludes halogenated alkanes) is 1. The number of H-pyrrole nitrogens is 1. The lowest BCUT2D eigenvalue weighted by atomic mass is 10.3. The number of hydrogen-bond acceptors (Lipinski definition) is 1. The topological polar surface area (TPSA) is 37.8 Å². The molecule has 0 aliphatic carbocycles. The molecule has 0 aliphatic rings. The van der Waals surface area contributed by atoms with E-state index in [0.717, 1.165) is 18.5 Å². The second kappa shape index (κ2) is 3.95. The summed E-state index contributed by atoms with van der Waals surface area (Å²) in [5.41, 5.74) is 0.807. The van der Waals surface area contributed by atoms with E-state index in [4.69, 9.17) is 0 Å². The Bertz CT molecular complexity index is 320. The van der Waals surface area contributed by atoms with Gasteiger partial charge in [0, 0.05) is 13.2 Å². The Morgan fingerprint density at radius 2 is 2.42 bits per heavy atom. The smallest absolute Gasteiger partial charge is 0.306 e. The van der Waals surface area contributed by atoms with Gasteiger partial charge in [-0.3, -0.25) is 0 Å². The van der Waals surface area contributed by atoms with Gasteiger partial charge in [0.2, 0.25) is 0 Å². The zero-order valence-electron chi connectivity index (χ0n) is 7.50. The SMILES string of the molecule is CCC/C=C\c1cn(C)c(=O)[nH]1. The second-order valence-corrected chi connectivity index (χ2v) is 2.82. The number of hydrogen-bond donors (Lipinski definition) is 1. The third-order valence-electron chi connectivity index (χ3n) is 1.66. The van der Waals surface area contributed by atoms with Crippen LogP contribution in [-0.2, 0) is 7.05 Å². The summed E-state index contributed by atoms with van der Waals surface area (Å²) in [6.45, 7) is 2.12. The van der Waals surface area contributed by atoms with E-state index in [2.05, 4.69) is 18.0 Å². The van der Waals surface area contributed by atoms with Gasteiger partial charge in [-0.1, -0.05) is 19.4 Å². The van der Waals surface area contributed by atoms with Crippen LogP contribution >= 0.6 is 0 Å². The summed E-state index contributed by atoms with van der Waals surface area (Å²) in [5.74, 6) is 0. The molecule has 0 fully saturated rings. The summed E-state index contributed by atoms with van der Waals surface area (Å²) in [5, 5.41) is 0. The van der Waals surface area contributed by atoms with Crippen molar-refractivity contribution >= 4 is 6.08 Å². The maximum Gasteiger partial charge on any atom is 0.325 e.